The van der Waals surface area contributed by atoms with E-state index in [0.717, 1.165) is 48.8 Å². The van der Waals surface area contributed by atoms with Gasteiger partial charge < -0.3 is 9.80 Å². The van der Waals surface area contributed by atoms with E-state index in [1.54, 1.807) is 11.3 Å². The lowest BCUT2D eigenvalue weighted by Gasteiger charge is -2.34. The molecular weight excluding hydrogens is 390 g/mol. The molecule has 0 aliphatic carbocycles. The number of anilines is 1. The van der Waals surface area contributed by atoms with Crippen LogP contribution in [0.4, 0.5) is 5.13 Å². The van der Waals surface area contributed by atoms with Gasteiger partial charge in [0.1, 0.15) is 0 Å². The van der Waals surface area contributed by atoms with Crippen LogP contribution in [0, 0.1) is 0 Å². The fourth-order valence-corrected chi connectivity index (χ4v) is 5.18. The van der Waals surface area contributed by atoms with Gasteiger partial charge in [-0.15, -0.1) is 0 Å². The number of fused-ring (bicyclic) bond motifs is 2. The standard InChI is InChI=1S/C25H25N3OS/c1-2-18-8-10-22-23(16-18)30-25(26-22)28-13-11-27(12-14-28)24(29)17-19-7-9-20-5-3-4-6-21(20)15-19/h3-10,15-16H,2,11-14,17H2,1H3. The summed E-state index contributed by atoms with van der Waals surface area (Å²) in [7, 11) is 0. The minimum atomic E-state index is 0.210. The van der Waals surface area contributed by atoms with Gasteiger partial charge in [0.15, 0.2) is 5.13 Å². The maximum Gasteiger partial charge on any atom is 0.227 e. The molecule has 0 saturated carbocycles. The fraction of sp³-hybridized carbons (Fsp3) is 0.280. The molecule has 0 unspecified atom stereocenters. The van der Waals surface area contributed by atoms with E-state index in [-0.39, 0.29) is 5.91 Å². The monoisotopic (exact) mass is 415 g/mol. The summed E-state index contributed by atoms with van der Waals surface area (Å²) >= 11 is 1.76. The first-order valence-corrected chi connectivity index (χ1v) is 11.4. The van der Waals surface area contributed by atoms with Crippen molar-refractivity contribution in [3.8, 4) is 0 Å². The Balaban J connectivity index is 1.23. The van der Waals surface area contributed by atoms with Crippen LogP contribution in [0.3, 0.4) is 0 Å². The van der Waals surface area contributed by atoms with Crippen molar-refractivity contribution in [2.24, 2.45) is 0 Å². The molecule has 2 heterocycles. The summed E-state index contributed by atoms with van der Waals surface area (Å²) in [4.78, 5) is 22.0. The summed E-state index contributed by atoms with van der Waals surface area (Å²) in [5, 5.41) is 3.47. The lowest BCUT2D eigenvalue weighted by Crippen LogP contribution is -2.49. The number of thiazole rings is 1. The summed E-state index contributed by atoms with van der Waals surface area (Å²) < 4.78 is 1.25. The first kappa shape index (κ1) is 19.1. The number of aryl methyl sites for hydroxylation is 1. The topological polar surface area (TPSA) is 36.4 Å². The Morgan fingerprint density at radius 2 is 1.70 bits per heavy atom. The zero-order valence-electron chi connectivity index (χ0n) is 17.2. The maximum atomic E-state index is 12.9. The third-order valence-corrected chi connectivity index (χ3v) is 7.00. The third-order valence-electron chi connectivity index (χ3n) is 5.92. The first-order valence-electron chi connectivity index (χ1n) is 10.6. The van der Waals surface area contributed by atoms with Crippen molar-refractivity contribution >= 4 is 43.4 Å². The van der Waals surface area contributed by atoms with Gasteiger partial charge in [0.05, 0.1) is 16.6 Å². The lowest BCUT2D eigenvalue weighted by atomic mass is 10.0. The van der Waals surface area contributed by atoms with Crippen molar-refractivity contribution in [2.45, 2.75) is 19.8 Å². The molecule has 0 atom stereocenters. The van der Waals surface area contributed by atoms with Crippen LogP contribution in [0.2, 0.25) is 0 Å². The van der Waals surface area contributed by atoms with E-state index in [1.165, 1.54) is 21.0 Å². The highest BCUT2D eigenvalue weighted by Crippen LogP contribution is 2.30. The summed E-state index contributed by atoms with van der Waals surface area (Å²) in [5.74, 6) is 0.210. The molecule has 30 heavy (non-hydrogen) atoms. The summed E-state index contributed by atoms with van der Waals surface area (Å²) in [6.45, 7) is 5.36. The minimum Gasteiger partial charge on any atom is -0.345 e. The number of nitrogens with zero attached hydrogens (tertiary/aromatic N) is 3. The van der Waals surface area contributed by atoms with Crippen molar-refractivity contribution in [3.63, 3.8) is 0 Å². The van der Waals surface area contributed by atoms with Crippen LogP contribution in [0.1, 0.15) is 18.1 Å². The molecule has 1 aromatic heterocycles. The molecule has 1 aliphatic heterocycles. The molecule has 5 rings (SSSR count). The summed E-state index contributed by atoms with van der Waals surface area (Å²) in [6, 6.07) is 21.1. The Bertz CT molecular complexity index is 1210. The van der Waals surface area contributed by atoms with Crippen molar-refractivity contribution in [3.05, 3.63) is 71.8 Å². The van der Waals surface area contributed by atoms with Gasteiger partial charge in [-0.1, -0.05) is 66.8 Å². The molecule has 0 N–H and O–H groups in total. The van der Waals surface area contributed by atoms with Crippen LogP contribution in [0.25, 0.3) is 21.0 Å². The molecule has 1 aliphatic rings. The quantitative estimate of drug-likeness (QED) is 0.475. The molecule has 4 aromatic rings. The van der Waals surface area contributed by atoms with E-state index < -0.39 is 0 Å². The smallest absolute Gasteiger partial charge is 0.227 e. The molecule has 0 bridgehead atoms. The van der Waals surface area contributed by atoms with Crippen LogP contribution in [0.15, 0.2) is 60.7 Å². The van der Waals surface area contributed by atoms with Crippen molar-refractivity contribution < 1.29 is 4.79 Å². The Morgan fingerprint density at radius 1 is 0.933 bits per heavy atom. The molecule has 1 saturated heterocycles. The number of amides is 1. The van der Waals surface area contributed by atoms with Crippen LogP contribution >= 0.6 is 11.3 Å². The van der Waals surface area contributed by atoms with Crippen LogP contribution in [-0.2, 0) is 17.6 Å². The second-order valence-electron chi connectivity index (χ2n) is 7.88. The number of hydrogen-bond acceptors (Lipinski definition) is 4. The zero-order chi connectivity index (χ0) is 20.5. The third kappa shape index (κ3) is 3.77. The van der Waals surface area contributed by atoms with Crippen molar-refractivity contribution in [1.29, 1.82) is 0 Å². The molecule has 1 fully saturated rings. The Morgan fingerprint density at radius 3 is 2.50 bits per heavy atom. The highest BCUT2D eigenvalue weighted by atomic mass is 32.1. The molecule has 1 amide bonds. The van der Waals surface area contributed by atoms with E-state index >= 15 is 0 Å². The SMILES string of the molecule is CCc1ccc2nc(N3CCN(C(=O)Cc4ccc5ccccc5c4)CC3)sc2c1. The van der Waals surface area contributed by atoms with Crippen LogP contribution < -0.4 is 4.90 Å². The van der Waals surface area contributed by atoms with Gasteiger partial charge in [0, 0.05) is 26.2 Å². The van der Waals surface area contributed by atoms with Crippen molar-refractivity contribution in [1.82, 2.24) is 9.88 Å². The Kier molecular flexibility index (Phi) is 5.13. The van der Waals surface area contributed by atoms with Gasteiger partial charge >= 0.3 is 0 Å². The average Bonchev–Trinajstić information content (AvgIpc) is 3.22. The highest BCUT2D eigenvalue weighted by Gasteiger charge is 2.23. The molecule has 3 aromatic carbocycles. The van der Waals surface area contributed by atoms with Gasteiger partial charge in [0.2, 0.25) is 5.91 Å². The predicted molar refractivity (Wildman–Crippen MR) is 125 cm³/mol. The fourth-order valence-electron chi connectivity index (χ4n) is 4.09. The molecule has 4 nitrogen and oxygen atoms in total. The minimum absolute atomic E-state index is 0.210. The van der Waals surface area contributed by atoms with E-state index in [0.29, 0.717) is 6.42 Å². The first-order chi connectivity index (χ1) is 14.7. The Labute approximate surface area is 180 Å². The molecule has 0 radical (unpaired) electrons. The number of rotatable bonds is 4. The van der Waals surface area contributed by atoms with E-state index in [9.17, 15) is 4.79 Å². The second-order valence-corrected chi connectivity index (χ2v) is 8.89. The number of benzene rings is 3. The number of carbonyl (C=O) groups excluding carboxylic acids is 1. The number of carbonyl (C=O) groups is 1. The molecule has 152 valence electrons. The van der Waals surface area contributed by atoms with Gasteiger partial charge in [-0.25, -0.2) is 4.98 Å². The van der Waals surface area contributed by atoms with E-state index in [4.69, 9.17) is 4.98 Å². The molecular formula is C25H25N3OS. The molecule has 0 spiro atoms. The average molecular weight is 416 g/mol. The second kappa shape index (κ2) is 8.07. The highest BCUT2D eigenvalue weighted by molar-refractivity contribution is 7.22. The normalized spacial score (nSPS) is 14.6. The van der Waals surface area contributed by atoms with Gasteiger partial charge in [-0.05, 0) is 40.5 Å². The largest absolute Gasteiger partial charge is 0.345 e. The van der Waals surface area contributed by atoms with Gasteiger partial charge in [-0.3, -0.25) is 4.79 Å². The zero-order valence-corrected chi connectivity index (χ0v) is 18.0. The van der Waals surface area contributed by atoms with E-state index in [2.05, 4.69) is 60.4 Å². The van der Waals surface area contributed by atoms with Crippen LogP contribution in [0.5, 0.6) is 0 Å². The summed E-state index contributed by atoms with van der Waals surface area (Å²) in [5.41, 5.74) is 3.50. The molecule has 5 heteroatoms. The number of hydrogen-bond donors (Lipinski definition) is 0. The number of piperazine rings is 1. The number of aromatic nitrogens is 1. The van der Waals surface area contributed by atoms with Gasteiger partial charge in [0.25, 0.3) is 0 Å². The lowest BCUT2D eigenvalue weighted by molar-refractivity contribution is -0.130. The Hall–Kier alpha value is -2.92. The summed E-state index contributed by atoms with van der Waals surface area (Å²) in [6.07, 6.45) is 1.51. The van der Waals surface area contributed by atoms with Crippen LogP contribution in [-0.4, -0.2) is 42.0 Å². The van der Waals surface area contributed by atoms with Crippen molar-refractivity contribution in [2.75, 3.05) is 31.1 Å². The van der Waals surface area contributed by atoms with Gasteiger partial charge in [-0.2, -0.15) is 0 Å². The van der Waals surface area contributed by atoms with E-state index in [1.807, 2.05) is 17.0 Å². The predicted octanol–water partition coefficient (Wildman–Crippen LogP) is 4.90. The maximum absolute atomic E-state index is 12.9.